The molecule has 0 aliphatic heterocycles. The zero-order chi connectivity index (χ0) is 15.1. The van der Waals surface area contributed by atoms with Gasteiger partial charge in [-0.3, -0.25) is 4.79 Å². The summed E-state index contributed by atoms with van der Waals surface area (Å²) in [6.07, 6.45) is 0. The lowest BCUT2D eigenvalue weighted by Crippen LogP contribution is -2.28. The van der Waals surface area contributed by atoms with Crippen LogP contribution in [0.3, 0.4) is 0 Å². The molecule has 0 bridgehead atoms. The second-order valence-corrected chi connectivity index (χ2v) is 4.56. The molecule has 0 aromatic heterocycles. The third-order valence-corrected chi connectivity index (χ3v) is 2.73. The number of nitrogens with one attached hydrogen (secondary N) is 3. The van der Waals surface area contributed by atoms with Crippen LogP contribution in [0.2, 0.25) is 0 Å². The maximum absolute atomic E-state index is 11.8. The fourth-order valence-electron chi connectivity index (χ4n) is 1.84. The summed E-state index contributed by atoms with van der Waals surface area (Å²) in [7, 11) is 0. The summed E-state index contributed by atoms with van der Waals surface area (Å²) in [5.41, 5.74) is 2.36. The molecule has 0 saturated carbocycles. The van der Waals surface area contributed by atoms with Gasteiger partial charge in [0, 0.05) is 24.8 Å². The Labute approximate surface area is 123 Å². The normalized spacial score (nSPS) is 9.76. The van der Waals surface area contributed by atoms with Crippen LogP contribution in [-0.4, -0.2) is 11.9 Å². The molecule has 0 aliphatic rings. The van der Waals surface area contributed by atoms with Crippen molar-refractivity contribution in [1.29, 1.82) is 0 Å². The predicted octanol–water partition coefficient (Wildman–Crippen LogP) is 2.97. The maximum Gasteiger partial charge on any atom is 0.319 e. The summed E-state index contributed by atoms with van der Waals surface area (Å²) < 4.78 is 0. The molecule has 2 aromatic carbocycles. The zero-order valence-electron chi connectivity index (χ0n) is 11.7. The van der Waals surface area contributed by atoms with Gasteiger partial charge in [0.2, 0.25) is 5.91 Å². The van der Waals surface area contributed by atoms with Crippen LogP contribution in [0.1, 0.15) is 12.5 Å². The minimum atomic E-state index is -0.272. The first-order chi connectivity index (χ1) is 10.1. The number of para-hydroxylation sites is 1. The Morgan fingerprint density at radius 2 is 1.62 bits per heavy atom. The Morgan fingerprint density at radius 1 is 0.905 bits per heavy atom. The van der Waals surface area contributed by atoms with Crippen molar-refractivity contribution in [2.45, 2.75) is 13.5 Å². The number of urea groups is 1. The maximum atomic E-state index is 11.8. The van der Waals surface area contributed by atoms with Crippen molar-refractivity contribution in [2.75, 3.05) is 10.6 Å². The lowest BCUT2D eigenvalue weighted by molar-refractivity contribution is -0.114. The second kappa shape index (κ2) is 7.09. The molecule has 0 heterocycles. The van der Waals surface area contributed by atoms with Crippen LogP contribution in [0.15, 0.2) is 54.6 Å². The van der Waals surface area contributed by atoms with Crippen molar-refractivity contribution in [2.24, 2.45) is 0 Å². The van der Waals surface area contributed by atoms with E-state index < -0.39 is 0 Å². The molecule has 0 unspecified atom stereocenters. The van der Waals surface area contributed by atoms with Gasteiger partial charge in [0.1, 0.15) is 0 Å². The Kier molecular flexibility index (Phi) is 4.93. The summed E-state index contributed by atoms with van der Waals surface area (Å²) >= 11 is 0. The van der Waals surface area contributed by atoms with Gasteiger partial charge in [0.25, 0.3) is 0 Å². The van der Waals surface area contributed by atoms with Crippen LogP contribution in [0.5, 0.6) is 0 Å². The van der Waals surface area contributed by atoms with Crippen molar-refractivity contribution in [3.63, 3.8) is 0 Å². The highest BCUT2D eigenvalue weighted by molar-refractivity contribution is 5.89. The van der Waals surface area contributed by atoms with Gasteiger partial charge in [-0.25, -0.2) is 4.79 Å². The van der Waals surface area contributed by atoms with E-state index in [0.29, 0.717) is 12.2 Å². The Balaban J connectivity index is 1.88. The van der Waals surface area contributed by atoms with Gasteiger partial charge in [-0.2, -0.15) is 0 Å². The summed E-state index contributed by atoms with van der Waals surface area (Å²) in [4.78, 5) is 22.8. The first-order valence-corrected chi connectivity index (χ1v) is 6.60. The van der Waals surface area contributed by atoms with E-state index in [1.54, 1.807) is 6.07 Å². The third-order valence-electron chi connectivity index (χ3n) is 2.73. The molecule has 0 fully saturated rings. The van der Waals surface area contributed by atoms with Gasteiger partial charge in [0.05, 0.1) is 0 Å². The van der Waals surface area contributed by atoms with Crippen LogP contribution in [0.4, 0.5) is 16.2 Å². The molecule has 5 nitrogen and oxygen atoms in total. The van der Waals surface area contributed by atoms with Crippen molar-refractivity contribution in [1.82, 2.24) is 5.32 Å². The van der Waals surface area contributed by atoms with E-state index in [-0.39, 0.29) is 11.9 Å². The SMILES string of the molecule is CC(=O)Nc1cccc(CNC(=O)Nc2ccccc2)c1. The molecule has 2 rings (SSSR count). The summed E-state index contributed by atoms with van der Waals surface area (Å²) in [5, 5.41) is 8.21. The lowest BCUT2D eigenvalue weighted by Gasteiger charge is -2.09. The molecule has 0 radical (unpaired) electrons. The number of rotatable bonds is 4. The van der Waals surface area contributed by atoms with E-state index in [0.717, 1.165) is 11.3 Å². The van der Waals surface area contributed by atoms with Gasteiger partial charge in [-0.1, -0.05) is 30.3 Å². The van der Waals surface area contributed by atoms with E-state index in [4.69, 9.17) is 0 Å². The molecule has 0 saturated heterocycles. The second-order valence-electron chi connectivity index (χ2n) is 4.56. The highest BCUT2D eigenvalue weighted by atomic mass is 16.2. The molecular formula is C16H17N3O2. The van der Waals surface area contributed by atoms with Crippen LogP contribution in [-0.2, 0) is 11.3 Å². The van der Waals surface area contributed by atoms with Crippen molar-refractivity contribution < 1.29 is 9.59 Å². The summed E-state index contributed by atoms with van der Waals surface area (Å²) in [5.74, 6) is -0.123. The van der Waals surface area contributed by atoms with E-state index in [9.17, 15) is 9.59 Å². The number of benzene rings is 2. The van der Waals surface area contributed by atoms with Gasteiger partial charge in [0.15, 0.2) is 0 Å². The molecule has 0 atom stereocenters. The quantitative estimate of drug-likeness (QED) is 0.807. The number of amides is 3. The minimum Gasteiger partial charge on any atom is -0.334 e. The third kappa shape index (κ3) is 4.99. The zero-order valence-corrected chi connectivity index (χ0v) is 11.7. The van der Waals surface area contributed by atoms with E-state index in [1.807, 2.05) is 48.5 Å². The molecule has 0 aliphatic carbocycles. The lowest BCUT2D eigenvalue weighted by atomic mass is 10.2. The number of carbonyl (C=O) groups is 2. The van der Waals surface area contributed by atoms with E-state index in [2.05, 4.69) is 16.0 Å². The molecule has 3 amide bonds. The molecule has 3 N–H and O–H groups in total. The van der Waals surface area contributed by atoms with Crippen molar-refractivity contribution >= 4 is 23.3 Å². The molecule has 2 aromatic rings. The van der Waals surface area contributed by atoms with E-state index >= 15 is 0 Å². The van der Waals surface area contributed by atoms with Crippen LogP contribution >= 0.6 is 0 Å². The number of hydrogen-bond donors (Lipinski definition) is 3. The topological polar surface area (TPSA) is 70.2 Å². The number of carbonyl (C=O) groups excluding carboxylic acids is 2. The fourth-order valence-corrected chi connectivity index (χ4v) is 1.84. The molecular weight excluding hydrogens is 266 g/mol. The van der Waals surface area contributed by atoms with Gasteiger partial charge < -0.3 is 16.0 Å². The summed E-state index contributed by atoms with van der Waals surface area (Å²) in [6.45, 7) is 1.84. The Hall–Kier alpha value is -2.82. The van der Waals surface area contributed by atoms with Crippen molar-refractivity contribution in [3.05, 3.63) is 60.2 Å². The summed E-state index contributed by atoms with van der Waals surface area (Å²) in [6, 6.07) is 16.3. The Bertz CT molecular complexity index is 626. The monoisotopic (exact) mass is 283 g/mol. The molecule has 21 heavy (non-hydrogen) atoms. The van der Waals surface area contributed by atoms with E-state index in [1.165, 1.54) is 6.92 Å². The van der Waals surface area contributed by atoms with Crippen LogP contribution < -0.4 is 16.0 Å². The average molecular weight is 283 g/mol. The van der Waals surface area contributed by atoms with Crippen molar-refractivity contribution in [3.8, 4) is 0 Å². The minimum absolute atomic E-state index is 0.123. The van der Waals surface area contributed by atoms with Crippen LogP contribution in [0.25, 0.3) is 0 Å². The Morgan fingerprint density at radius 3 is 2.33 bits per heavy atom. The molecule has 108 valence electrons. The van der Waals surface area contributed by atoms with Crippen LogP contribution in [0, 0.1) is 0 Å². The standard InChI is InChI=1S/C16H17N3O2/c1-12(20)18-15-9-5-6-13(10-15)11-17-16(21)19-14-7-3-2-4-8-14/h2-10H,11H2,1H3,(H,18,20)(H2,17,19,21). The largest absolute Gasteiger partial charge is 0.334 e. The van der Waals surface area contributed by atoms with Gasteiger partial charge >= 0.3 is 6.03 Å². The molecule has 0 spiro atoms. The average Bonchev–Trinajstić information content (AvgIpc) is 2.46. The number of anilines is 2. The van der Waals surface area contributed by atoms with Gasteiger partial charge in [-0.05, 0) is 29.8 Å². The smallest absolute Gasteiger partial charge is 0.319 e. The molecule has 5 heteroatoms. The highest BCUT2D eigenvalue weighted by Crippen LogP contribution is 2.10. The fraction of sp³-hybridized carbons (Fsp3) is 0.125. The first kappa shape index (κ1) is 14.6. The predicted molar refractivity (Wildman–Crippen MR) is 83.0 cm³/mol. The number of hydrogen-bond acceptors (Lipinski definition) is 2. The first-order valence-electron chi connectivity index (χ1n) is 6.60. The highest BCUT2D eigenvalue weighted by Gasteiger charge is 2.02. The van der Waals surface area contributed by atoms with Gasteiger partial charge in [-0.15, -0.1) is 0 Å².